The first-order valence-electron chi connectivity index (χ1n) is 7.52. The third kappa shape index (κ3) is 4.40. The van der Waals surface area contributed by atoms with Gasteiger partial charge in [0, 0.05) is 16.6 Å². The van der Waals surface area contributed by atoms with E-state index in [4.69, 9.17) is 14.2 Å². The molecule has 1 amide bonds. The molecule has 2 aromatic rings. The first-order chi connectivity index (χ1) is 12.3. The summed E-state index contributed by atoms with van der Waals surface area (Å²) in [7, 11) is 0. The van der Waals surface area contributed by atoms with Crippen LogP contribution in [0.2, 0.25) is 0 Å². The third-order valence-electron chi connectivity index (χ3n) is 3.44. The Morgan fingerprint density at radius 2 is 1.85 bits per heavy atom. The van der Waals surface area contributed by atoms with Crippen molar-refractivity contribution in [3.8, 4) is 17.2 Å². The Morgan fingerprint density at radius 3 is 2.54 bits per heavy atom. The van der Waals surface area contributed by atoms with Crippen molar-refractivity contribution in [1.82, 2.24) is 0 Å². The van der Waals surface area contributed by atoms with E-state index in [-0.39, 0.29) is 5.75 Å². The summed E-state index contributed by atoms with van der Waals surface area (Å²) in [6.45, 7) is 0.402. The number of carbonyl (C=O) groups excluding carboxylic acids is 1. The van der Waals surface area contributed by atoms with Crippen molar-refractivity contribution in [1.29, 1.82) is 0 Å². The number of nitrogens with one attached hydrogen (secondary N) is 1. The fourth-order valence-corrected chi connectivity index (χ4v) is 2.68. The van der Waals surface area contributed by atoms with Crippen LogP contribution in [0.3, 0.4) is 0 Å². The molecule has 1 heterocycles. The molecule has 9 heteroatoms. The molecule has 0 aliphatic carbocycles. The fourth-order valence-electron chi connectivity index (χ4n) is 2.26. The molecule has 0 atom stereocenters. The standard InChI is InChI=1S/C17H13BrF3NO4/c18-12-7-14-15(25-5-4-24-14)8-13(12)22-16(23)9-26-11-3-1-2-10(6-11)17(19,20)21/h1-3,6-8H,4-5,9H2,(H,22,23). The van der Waals surface area contributed by atoms with Gasteiger partial charge in [-0.3, -0.25) is 4.79 Å². The maximum absolute atomic E-state index is 12.7. The number of halogens is 4. The lowest BCUT2D eigenvalue weighted by atomic mass is 10.2. The van der Waals surface area contributed by atoms with Crippen LogP contribution in [0.5, 0.6) is 17.2 Å². The lowest BCUT2D eigenvalue weighted by Crippen LogP contribution is -2.21. The Kier molecular flexibility index (Phi) is 5.26. The minimum Gasteiger partial charge on any atom is -0.486 e. The van der Waals surface area contributed by atoms with Gasteiger partial charge >= 0.3 is 6.18 Å². The molecule has 0 bridgehead atoms. The van der Waals surface area contributed by atoms with Gasteiger partial charge < -0.3 is 19.5 Å². The fraction of sp³-hybridized carbons (Fsp3) is 0.235. The molecule has 0 saturated heterocycles. The summed E-state index contributed by atoms with van der Waals surface area (Å²) in [5, 5.41) is 2.61. The molecular weight excluding hydrogens is 419 g/mol. The van der Waals surface area contributed by atoms with Gasteiger partial charge in [0.1, 0.15) is 19.0 Å². The zero-order valence-corrected chi connectivity index (χ0v) is 14.8. The summed E-state index contributed by atoms with van der Waals surface area (Å²) in [6.07, 6.45) is -4.47. The van der Waals surface area contributed by atoms with Crippen molar-refractivity contribution in [3.63, 3.8) is 0 Å². The first kappa shape index (κ1) is 18.4. The van der Waals surface area contributed by atoms with Crippen molar-refractivity contribution in [3.05, 3.63) is 46.4 Å². The van der Waals surface area contributed by atoms with Crippen molar-refractivity contribution in [2.24, 2.45) is 0 Å². The van der Waals surface area contributed by atoms with Gasteiger partial charge in [0.25, 0.3) is 5.91 Å². The van der Waals surface area contributed by atoms with Gasteiger partial charge in [-0.1, -0.05) is 6.07 Å². The molecule has 1 aliphatic heterocycles. The number of alkyl halides is 3. The van der Waals surface area contributed by atoms with Gasteiger partial charge in [0.05, 0.1) is 11.3 Å². The summed E-state index contributed by atoms with van der Waals surface area (Å²) in [6, 6.07) is 7.60. The van der Waals surface area contributed by atoms with Crippen LogP contribution in [0.15, 0.2) is 40.9 Å². The molecule has 0 unspecified atom stereocenters. The average Bonchev–Trinajstić information content (AvgIpc) is 2.60. The maximum Gasteiger partial charge on any atom is 0.416 e. The molecule has 26 heavy (non-hydrogen) atoms. The highest BCUT2D eigenvalue weighted by Gasteiger charge is 2.30. The van der Waals surface area contributed by atoms with E-state index in [9.17, 15) is 18.0 Å². The van der Waals surface area contributed by atoms with Crippen LogP contribution in [0.25, 0.3) is 0 Å². The quantitative estimate of drug-likeness (QED) is 0.785. The molecule has 0 spiro atoms. The van der Waals surface area contributed by atoms with E-state index < -0.39 is 24.3 Å². The lowest BCUT2D eigenvalue weighted by molar-refractivity contribution is -0.137. The maximum atomic E-state index is 12.7. The number of benzene rings is 2. The third-order valence-corrected chi connectivity index (χ3v) is 4.09. The zero-order chi connectivity index (χ0) is 18.7. The summed E-state index contributed by atoms with van der Waals surface area (Å²) >= 11 is 3.32. The normalized spacial score (nSPS) is 13.2. The van der Waals surface area contributed by atoms with Crippen LogP contribution < -0.4 is 19.5 Å². The Hall–Kier alpha value is -2.42. The molecule has 2 aromatic carbocycles. The number of fused-ring (bicyclic) bond motifs is 1. The van der Waals surface area contributed by atoms with Gasteiger partial charge in [-0.05, 0) is 34.1 Å². The smallest absolute Gasteiger partial charge is 0.416 e. The van der Waals surface area contributed by atoms with E-state index in [1.165, 1.54) is 12.1 Å². The second-order valence-electron chi connectivity index (χ2n) is 5.34. The van der Waals surface area contributed by atoms with Gasteiger partial charge in [-0.15, -0.1) is 0 Å². The van der Waals surface area contributed by atoms with Crippen LogP contribution in [-0.4, -0.2) is 25.7 Å². The van der Waals surface area contributed by atoms with E-state index in [1.54, 1.807) is 12.1 Å². The number of hydrogen-bond acceptors (Lipinski definition) is 4. The molecule has 0 fully saturated rings. The molecular formula is C17H13BrF3NO4. The Labute approximate surface area is 155 Å². The van der Waals surface area contributed by atoms with E-state index in [1.807, 2.05) is 0 Å². The van der Waals surface area contributed by atoms with Gasteiger partial charge in [0.15, 0.2) is 18.1 Å². The SMILES string of the molecule is O=C(COc1cccc(C(F)(F)F)c1)Nc1cc2c(cc1Br)OCCO2. The molecule has 138 valence electrons. The summed E-state index contributed by atoms with van der Waals surface area (Å²) in [5.41, 5.74) is -0.406. The van der Waals surface area contributed by atoms with Crippen LogP contribution >= 0.6 is 15.9 Å². The monoisotopic (exact) mass is 431 g/mol. The molecule has 5 nitrogen and oxygen atoms in total. The number of rotatable bonds is 4. The molecule has 0 aromatic heterocycles. The van der Waals surface area contributed by atoms with Gasteiger partial charge in [0.2, 0.25) is 0 Å². The zero-order valence-electron chi connectivity index (χ0n) is 13.2. The second-order valence-corrected chi connectivity index (χ2v) is 6.19. The van der Waals surface area contributed by atoms with E-state index >= 15 is 0 Å². The molecule has 1 aliphatic rings. The average molecular weight is 432 g/mol. The minimum atomic E-state index is -4.47. The van der Waals surface area contributed by atoms with Crippen molar-refractivity contribution in [2.75, 3.05) is 25.1 Å². The van der Waals surface area contributed by atoms with Crippen LogP contribution in [0.1, 0.15) is 5.56 Å². The predicted octanol–water partition coefficient (Wildman–Crippen LogP) is 4.26. The van der Waals surface area contributed by atoms with Crippen molar-refractivity contribution < 1.29 is 32.2 Å². The van der Waals surface area contributed by atoms with Crippen LogP contribution in [0.4, 0.5) is 18.9 Å². The highest BCUT2D eigenvalue weighted by Crippen LogP contribution is 2.38. The summed E-state index contributed by atoms with van der Waals surface area (Å²) in [4.78, 5) is 12.0. The van der Waals surface area contributed by atoms with Crippen molar-refractivity contribution in [2.45, 2.75) is 6.18 Å². The number of anilines is 1. The van der Waals surface area contributed by atoms with E-state index in [0.717, 1.165) is 12.1 Å². The van der Waals surface area contributed by atoms with Crippen molar-refractivity contribution >= 4 is 27.5 Å². The number of hydrogen-bond donors (Lipinski definition) is 1. The summed E-state index contributed by atoms with van der Waals surface area (Å²) in [5.74, 6) is 0.478. The highest BCUT2D eigenvalue weighted by molar-refractivity contribution is 9.10. The number of ether oxygens (including phenoxy) is 3. The first-order valence-corrected chi connectivity index (χ1v) is 8.31. The highest BCUT2D eigenvalue weighted by atomic mass is 79.9. The number of carbonyl (C=O) groups is 1. The molecule has 1 N–H and O–H groups in total. The van der Waals surface area contributed by atoms with Gasteiger partial charge in [-0.25, -0.2) is 0 Å². The van der Waals surface area contributed by atoms with Crippen LogP contribution in [-0.2, 0) is 11.0 Å². The van der Waals surface area contributed by atoms with E-state index in [2.05, 4.69) is 21.2 Å². The van der Waals surface area contributed by atoms with Gasteiger partial charge in [-0.2, -0.15) is 13.2 Å². The lowest BCUT2D eigenvalue weighted by Gasteiger charge is -2.20. The summed E-state index contributed by atoms with van der Waals surface area (Å²) < 4.78 is 54.6. The number of amides is 1. The largest absolute Gasteiger partial charge is 0.486 e. The topological polar surface area (TPSA) is 56.8 Å². The molecule has 3 rings (SSSR count). The Morgan fingerprint density at radius 1 is 1.15 bits per heavy atom. The molecule has 0 radical (unpaired) electrons. The predicted molar refractivity (Wildman–Crippen MR) is 90.7 cm³/mol. The Bertz CT molecular complexity index is 826. The minimum absolute atomic E-state index is 0.0452. The second kappa shape index (κ2) is 7.45. The Balaban J connectivity index is 1.63. The molecule has 0 saturated carbocycles. The van der Waals surface area contributed by atoms with Crippen LogP contribution in [0, 0.1) is 0 Å². The van der Waals surface area contributed by atoms with E-state index in [0.29, 0.717) is 34.9 Å².